The predicted octanol–water partition coefficient (Wildman–Crippen LogP) is 3.59. The number of nitriles is 1. The molecule has 1 aromatic carbocycles. The van der Waals surface area contributed by atoms with Gasteiger partial charge in [-0.1, -0.05) is 0 Å². The van der Waals surface area contributed by atoms with E-state index in [4.69, 9.17) is 9.47 Å². The molecule has 0 radical (unpaired) electrons. The first-order valence-corrected chi connectivity index (χ1v) is 10.7. The zero-order chi connectivity index (χ0) is 25.7. The highest BCUT2D eigenvalue weighted by atomic mass is 19.4. The van der Waals surface area contributed by atoms with Gasteiger partial charge in [0.2, 0.25) is 0 Å². The maximum Gasteiger partial charge on any atom is 0.425 e. The van der Waals surface area contributed by atoms with Crippen molar-refractivity contribution in [3.05, 3.63) is 52.1 Å². The molecule has 1 unspecified atom stereocenters. The number of aromatic nitrogens is 4. The molecule has 12 heteroatoms. The van der Waals surface area contributed by atoms with Crippen molar-refractivity contribution in [1.29, 1.82) is 5.26 Å². The van der Waals surface area contributed by atoms with Crippen LogP contribution in [0.3, 0.4) is 0 Å². The first-order valence-electron chi connectivity index (χ1n) is 10.7. The summed E-state index contributed by atoms with van der Waals surface area (Å²) < 4.78 is 53.3. The SMILES string of the molecule is COc1c(C#N)ccc(OC(C)C(F)(F)F)c1C(=O)N1Cc2cn(-c3c(C)nn(C)c3C)nc2C1. The topological polar surface area (TPSA) is 98.2 Å². The molecule has 0 saturated heterocycles. The van der Waals surface area contributed by atoms with Crippen LogP contribution in [-0.4, -0.2) is 49.8 Å². The smallest absolute Gasteiger partial charge is 0.425 e. The van der Waals surface area contributed by atoms with Gasteiger partial charge in [0, 0.05) is 25.4 Å². The Morgan fingerprint density at radius 3 is 2.49 bits per heavy atom. The summed E-state index contributed by atoms with van der Waals surface area (Å²) >= 11 is 0. The zero-order valence-electron chi connectivity index (χ0n) is 19.8. The van der Waals surface area contributed by atoms with Crippen LogP contribution in [0.4, 0.5) is 13.2 Å². The van der Waals surface area contributed by atoms with Gasteiger partial charge in [-0.3, -0.25) is 9.48 Å². The molecule has 0 aliphatic carbocycles. The number of amides is 1. The molecule has 0 bridgehead atoms. The number of methoxy groups -OCH3 is 1. The molecule has 184 valence electrons. The minimum Gasteiger partial charge on any atom is -0.494 e. The molecule has 0 fully saturated rings. The molecule has 1 aliphatic rings. The first kappa shape index (κ1) is 24.1. The predicted molar refractivity (Wildman–Crippen MR) is 117 cm³/mol. The maximum absolute atomic E-state index is 13.5. The summed E-state index contributed by atoms with van der Waals surface area (Å²) in [6.07, 6.45) is -5.00. The van der Waals surface area contributed by atoms with Gasteiger partial charge in [0.25, 0.3) is 5.91 Å². The van der Waals surface area contributed by atoms with E-state index in [0.717, 1.165) is 29.6 Å². The van der Waals surface area contributed by atoms with E-state index in [-0.39, 0.29) is 35.7 Å². The van der Waals surface area contributed by atoms with Gasteiger partial charge in [-0.15, -0.1) is 0 Å². The third-order valence-electron chi connectivity index (χ3n) is 5.99. The first-order chi connectivity index (χ1) is 16.5. The van der Waals surface area contributed by atoms with E-state index in [9.17, 15) is 23.2 Å². The van der Waals surface area contributed by atoms with Crippen molar-refractivity contribution in [1.82, 2.24) is 24.5 Å². The standard InChI is InChI=1S/C23H23F3N6O3/c1-12-20(13(2)30(4)28-12)32-10-16-9-31(11-17(16)29-32)22(33)19-18(35-14(3)23(24,25)26)7-6-15(8-27)21(19)34-5/h6-7,10,14H,9,11H2,1-5H3. The molecule has 0 spiro atoms. The number of hydrogen-bond donors (Lipinski definition) is 0. The van der Waals surface area contributed by atoms with Gasteiger partial charge in [0.05, 0.1) is 36.3 Å². The Labute approximate surface area is 199 Å². The molecule has 35 heavy (non-hydrogen) atoms. The average molecular weight is 488 g/mol. The molecule has 1 amide bonds. The number of alkyl halides is 3. The normalized spacial score (nSPS) is 14.0. The third-order valence-corrected chi connectivity index (χ3v) is 5.99. The number of aryl methyl sites for hydroxylation is 2. The fourth-order valence-electron chi connectivity index (χ4n) is 4.09. The number of hydrogen-bond acceptors (Lipinski definition) is 6. The second-order valence-electron chi connectivity index (χ2n) is 8.28. The Kier molecular flexibility index (Phi) is 5.96. The molecule has 4 rings (SSSR count). The van der Waals surface area contributed by atoms with E-state index in [2.05, 4.69) is 10.2 Å². The second-order valence-corrected chi connectivity index (χ2v) is 8.28. The second kappa shape index (κ2) is 8.65. The minimum atomic E-state index is -4.64. The van der Waals surface area contributed by atoms with Crippen LogP contribution in [0, 0.1) is 25.2 Å². The van der Waals surface area contributed by atoms with Crippen molar-refractivity contribution in [2.75, 3.05) is 7.11 Å². The molecule has 3 aromatic rings. The van der Waals surface area contributed by atoms with Crippen LogP contribution in [-0.2, 0) is 20.1 Å². The van der Waals surface area contributed by atoms with E-state index in [1.807, 2.05) is 33.2 Å². The van der Waals surface area contributed by atoms with Crippen LogP contribution < -0.4 is 9.47 Å². The molecule has 1 atom stereocenters. The van der Waals surface area contributed by atoms with Crippen molar-refractivity contribution >= 4 is 5.91 Å². The highest BCUT2D eigenvalue weighted by Crippen LogP contribution is 2.37. The lowest BCUT2D eigenvalue weighted by Crippen LogP contribution is -2.33. The Hall–Kier alpha value is -4.01. The van der Waals surface area contributed by atoms with Crippen molar-refractivity contribution in [3.8, 4) is 23.3 Å². The molecule has 9 nitrogen and oxygen atoms in total. The van der Waals surface area contributed by atoms with Crippen molar-refractivity contribution in [3.63, 3.8) is 0 Å². The lowest BCUT2D eigenvalue weighted by atomic mass is 10.1. The lowest BCUT2D eigenvalue weighted by molar-refractivity contribution is -0.189. The van der Waals surface area contributed by atoms with Gasteiger partial charge in [0.15, 0.2) is 11.9 Å². The molecule has 1 aliphatic heterocycles. The summed E-state index contributed by atoms with van der Waals surface area (Å²) in [6, 6.07) is 4.34. The van der Waals surface area contributed by atoms with Crippen LogP contribution in [0.5, 0.6) is 11.5 Å². The number of halogens is 3. The van der Waals surface area contributed by atoms with Crippen LogP contribution in [0.2, 0.25) is 0 Å². The molecular weight excluding hydrogens is 465 g/mol. The molecular formula is C23H23F3N6O3. The summed E-state index contributed by atoms with van der Waals surface area (Å²) in [6.45, 7) is 4.96. The summed E-state index contributed by atoms with van der Waals surface area (Å²) in [5.74, 6) is -1.07. The van der Waals surface area contributed by atoms with Crippen LogP contribution in [0.15, 0.2) is 18.3 Å². The third kappa shape index (κ3) is 4.18. The fraction of sp³-hybridized carbons (Fsp3) is 0.391. The van der Waals surface area contributed by atoms with Gasteiger partial charge in [-0.2, -0.15) is 28.6 Å². The number of carbonyl (C=O) groups is 1. The monoisotopic (exact) mass is 488 g/mol. The number of nitrogens with zero attached hydrogens (tertiary/aromatic N) is 6. The quantitative estimate of drug-likeness (QED) is 0.545. The minimum absolute atomic E-state index is 0.00696. The largest absolute Gasteiger partial charge is 0.494 e. The lowest BCUT2D eigenvalue weighted by Gasteiger charge is -2.23. The van der Waals surface area contributed by atoms with E-state index in [1.54, 1.807) is 9.36 Å². The van der Waals surface area contributed by atoms with E-state index >= 15 is 0 Å². The van der Waals surface area contributed by atoms with Gasteiger partial charge in [-0.05, 0) is 32.9 Å². The maximum atomic E-state index is 13.5. The highest BCUT2D eigenvalue weighted by molar-refractivity contribution is 6.00. The summed E-state index contributed by atoms with van der Waals surface area (Å²) in [7, 11) is 3.08. The highest BCUT2D eigenvalue weighted by Gasteiger charge is 2.40. The fourth-order valence-corrected chi connectivity index (χ4v) is 4.09. The number of benzene rings is 1. The average Bonchev–Trinajstić information content (AvgIpc) is 3.43. The Morgan fingerprint density at radius 2 is 1.94 bits per heavy atom. The van der Waals surface area contributed by atoms with Crippen LogP contribution in [0.25, 0.3) is 5.69 Å². The van der Waals surface area contributed by atoms with Crippen molar-refractivity contribution in [2.45, 2.75) is 46.1 Å². The summed E-state index contributed by atoms with van der Waals surface area (Å²) in [5, 5.41) is 18.4. The summed E-state index contributed by atoms with van der Waals surface area (Å²) in [5.41, 5.74) is 3.80. The molecule has 0 N–H and O–H groups in total. The number of ether oxygens (including phenoxy) is 2. The number of carbonyl (C=O) groups excluding carboxylic acids is 1. The van der Waals surface area contributed by atoms with Crippen LogP contribution >= 0.6 is 0 Å². The van der Waals surface area contributed by atoms with Gasteiger partial charge >= 0.3 is 6.18 Å². The molecule has 2 aromatic heterocycles. The van der Waals surface area contributed by atoms with Gasteiger partial charge in [0.1, 0.15) is 23.1 Å². The van der Waals surface area contributed by atoms with Gasteiger partial charge in [-0.25, -0.2) is 4.68 Å². The Bertz CT molecular complexity index is 1330. The molecule has 3 heterocycles. The Balaban J connectivity index is 1.67. The zero-order valence-corrected chi connectivity index (χ0v) is 19.8. The number of fused-ring (bicyclic) bond motifs is 1. The van der Waals surface area contributed by atoms with E-state index in [0.29, 0.717) is 5.69 Å². The Morgan fingerprint density at radius 1 is 1.23 bits per heavy atom. The molecule has 0 saturated carbocycles. The van der Waals surface area contributed by atoms with Gasteiger partial charge < -0.3 is 14.4 Å². The number of rotatable bonds is 5. The van der Waals surface area contributed by atoms with Crippen LogP contribution in [0.1, 0.15) is 45.5 Å². The van der Waals surface area contributed by atoms with Crippen molar-refractivity contribution < 1.29 is 27.4 Å². The van der Waals surface area contributed by atoms with E-state index < -0.39 is 18.2 Å². The summed E-state index contributed by atoms with van der Waals surface area (Å²) in [4.78, 5) is 14.9. The van der Waals surface area contributed by atoms with E-state index in [1.165, 1.54) is 24.1 Å². The van der Waals surface area contributed by atoms with Crippen molar-refractivity contribution in [2.24, 2.45) is 7.05 Å².